The van der Waals surface area contributed by atoms with Gasteiger partial charge in [-0.25, -0.2) is 10.1 Å². The molecule has 0 radical (unpaired) electrons. The largest absolute Gasteiger partial charge is 0.465 e. The molecule has 1 amide bonds. The predicted octanol–water partition coefficient (Wildman–Crippen LogP) is 0.992. The van der Waals surface area contributed by atoms with Crippen LogP contribution in [-0.4, -0.2) is 50.5 Å². The Kier molecular flexibility index (Phi) is 6.93. The molecule has 0 saturated heterocycles. The van der Waals surface area contributed by atoms with Crippen molar-refractivity contribution in [1.82, 2.24) is 30.7 Å². The van der Waals surface area contributed by atoms with Crippen LogP contribution >= 0.6 is 0 Å². The molecule has 12 heteroatoms. The first kappa shape index (κ1) is 22.4. The molecule has 4 rings (SSSR count). The maximum absolute atomic E-state index is 12.9. The highest BCUT2D eigenvalue weighted by Gasteiger charge is 2.29. The summed E-state index contributed by atoms with van der Waals surface area (Å²) in [6.45, 7) is 2.36. The highest BCUT2D eigenvalue weighted by molar-refractivity contribution is 5.94. The number of quaternary nitrogens is 1. The number of hydrazone groups is 1. The average Bonchev–Trinajstić information content (AvgIpc) is 3.56. The molecule has 0 aromatic carbocycles. The molecule has 1 unspecified atom stereocenters. The molecule has 1 aliphatic rings. The number of rotatable bonds is 8. The number of hydrogen-bond donors (Lipinski definition) is 3. The molecule has 3 aromatic heterocycles. The van der Waals surface area contributed by atoms with E-state index in [0.29, 0.717) is 24.0 Å². The molecule has 1 atom stereocenters. The number of nitrogens with two attached hydrogens (primary N) is 1. The van der Waals surface area contributed by atoms with Gasteiger partial charge in [0, 0.05) is 0 Å². The third kappa shape index (κ3) is 5.34. The lowest BCUT2D eigenvalue weighted by Crippen LogP contribution is -3.11. The zero-order chi connectivity index (χ0) is 23.2. The Bertz CT molecular complexity index is 1120. The van der Waals surface area contributed by atoms with Crippen molar-refractivity contribution in [3.05, 3.63) is 41.1 Å². The molecule has 1 saturated carbocycles. The highest BCUT2D eigenvalue weighted by atomic mass is 16.6. The van der Waals surface area contributed by atoms with Crippen LogP contribution in [0.4, 0.5) is 5.82 Å². The molecule has 1 aliphatic carbocycles. The van der Waals surface area contributed by atoms with Crippen LogP contribution in [0.3, 0.4) is 0 Å². The van der Waals surface area contributed by atoms with E-state index in [0.717, 1.165) is 18.4 Å². The number of hydrogen-bond acceptors (Lipinski definition) is 9. The Morgan fingerprint density at radius 1 is 1.36 bits per heavy atom. The zero-order valence-corrected chi connectivity index (χ0v) is 18.7. The van der Waals surface area contributed by atoms with Gasteiger partial charge < -0.3 is 15.1 Å². The van der Waals surface area contributed by atoms with Gasteiger partial charge >= 0.3 is 0 Å². The summed E-state index contributed by atoms with van der Waals surface area (Å²) in [6.07, 6.45) is 10.9. The quantitative estimate of drug-likeness (QED) is 0.336. The minimum Gasteiger partial charge on any atom is -0.465 e. The Hall–Kier alpha value is -3.80. The van der Waals surface area contributed by atoms with Crippen LogP contribution < -0.4 is 16.1 Å². The van der Waals surface area contributed by atoms with Gasteiger partial charge in [0.1, 0.15) is 18.0 Å². The molecule has 3 heterocycles. The van der Waals surface area contributed by atoms with Crippen LogP contribution in [0.5, 0.6) is 0 Å². The number of carbonyl (C=O) groups excluding carboxylic acids is 1. The van der Waals surface area contributed by atoms with Crippen LogP contribution in [-0.2, 0) is 6.54 Å². The minimum absolute atomic E-state index is 0.0696. The summed E-state index contributed by atoms with van der Waals surface area (Å²) in [4.78, 5) is 14.2. The van der Waals surface area contributed by atoms with E-state index in [-0.39, 0.29) is 17.3 Å². The summed E-state index contributed by atoms with van der Waals surface area (Å²) in [5.41, 5.74) is 9.91. The lowest BCUT2D eigenvalue weighted by Gasteiger charge is -2.28. The Labute approximate surface area is 190 Å². The fraction of sp³-hybridized carbons (Fsp3) is 0.429. The maximum atomic E-state index is 12.9. The van der Waals surface area contributed by atoms with Crippen molar-refractivity contribution in [3.8, 4) is 5.82 Å². The van der Waals surface area contributed by atoms with E-state index in [4.69, 9.17) is 14.8 Å². The predicted molar refractivity (Wildman–Crippen MR) is 119 cm³/mol. The first-order chi connectivity index (χ1) is 16.0. The van der Waals surface area contributed by atoms with Gasteiger partial charge in [-0.2, -0.15) is 9.78 Å². The lowest BCUT2D eigenvalue weighted by atomic mass is 9.94. The summed E-state index contributed by atoms with van der Waals surface area (Å²) in [6, 6.07) is 4.13. The van der Waals surface area contributed by atoms with Gasteiger partial charge in [0.05, 0.1) is 25.6 Å². The van der Waals surface area contributed by atoms with Crippen molar-refractivity contribution in [2.75, 3.05) is 12.8 Å². The standard InChI is InChI=1S/C21H27N9O3/c1-14(11-16-9-6-10-32-16)12-23-25-21(31)18-17(13-29(2)15-7-4-3-5-8-15)30(28-24-18)20-19(22)26-33-27-20/h6,9-12,15H,3-5,7-8,13H2,1-2H3,(H2,22,26)(H,25,31)/p+1/b14-11?,23-12-. The zero-order valence-electron chi connectivity index (χ0n) is 18.7. The number of nitrogen functional groups attached to an aromatic ring is 1. The number of allylic oxidation sites excluding steroid dienone is 1. The van der Waals surface area contributed by atoms with E-state index in [1.165, 1.54) is 35.1 Å². The minimum atomic E-state index is -0.482. The molecule has 3 aromatic rings. The second kappa shape index (κ2) is 10.2. The average molecular weight is 455 g/mol. The van der Waals surface area contributed by atoms with Gasteiger partial charge in [0.25, 0.3) is 5.91 Å². The summed E-state index contributed by atoms with van der Waals surface area (Å²) in [5.74, 6) is 0.488. The second-order valence-corrected chi connectivity index (χ2v) is 8.23. The molecular weight excluding hydrogens is 426 g/mol. The SMILES string of the molecule is CC(=Cc1ccco1)/C=N\NC(=O)c1nnn(-c2nonc2N)c1C[NH+](C)C1CCCCC1. The molecule has 0 spiro atoms. The normalized spacial score (nSPS) is 16.4. The van der Waals surface area contributed by atoms with Gasteiger partial charge in [-0.3, -0.25) is 4.79 Å². The fourth-order valence-corrected chi connectivity index (χ4v) is 4.03. The van der Waals surface area contributed by atoms with E-state index in [9.17, 15) is 4.79 Å². The smallest absolute Gasteiger partial charge is 0.294 e. The number of carbonyl (C=O) groups is 1. The van der Waals surface area contributed by atoms with Crippen molar-refractivity contribution < 1.29 is 18.7 Å². The number of aromatic nitrogens is 5. The number of anilines is 1. The van der Waals surface area contributed by atoms with Crippen molar-refractivity contribution >= 4 is 24.0 Å². The monoisotopic (exact) mass is 454 g/mol. The third-order valence-electron chi connectivity index (χ3n) is 5.77. The van der Waals surface area contributed by atoms with E-state index in [1.54, 1.807) is 18.4 Å². The number of nitrogens with one attached hydrogen (secondary N) is 2. The Balaban J connectivity index is 1.54. The summed E-state index contributed by atoms with van der Waals surface area (Å²) < 4.78 is 11.4. The summed E-state index contributed by atoms with van der Waals surface area (Å²) >= 11 is 0. The van der Waals surface area contributed by atoms with E-state index < -0.39 is 5.91 Å². The first-order valence-corrected chi connectivity index (χ1v) is 10.9. The number of nitrogens with zero attached hydrogens (tertiary/aromatic N) is 6. The fourth-order valence-electron chi connectivity index (χ4n) is 4.03. The van der Waals surface area contributed by atoms with Crippen molar-refractivity contribution in [3.63, 3.8) is 0 Å². The van der Waals surface area contributed by atoms with Crippen molar-refractivity contribution in [2.24, 2.45) is 5.10 Å². The van der Waals surface area contributed by atoms with E-state index in [1.807, 2.05) is 13.0 Å². The van der Waals surface area contributed by atoms with Crippen molar-refractivity contribution in [2.45, 2.75) is 51.6 Å². The maximum Gasteiger partial charge on any atom is 0.294 e. The molecule has 1 fully saturated rings. The highest BCUT2D eigenvalue weighted by Crippen LogP contribution is 2.18. The van der Waals surface area contributed by atoms with Crippen molar-refractivity contribution in [1.29, 1.82) is 0 Å². The molecule has 12 nitrogen and oxygen atoms in total. The number of furan rings is 1. The molecule has 0 aliphatic heterocycles. The second-order valence-electron chi connectivity index (χ2n) is 8.23. The van der Waals surface area contributed by atoms with Crippen LogP contribution in [0.15, 0.2) is 38.1 Å². The van der Waals surface area contributed by atoms with Crippen LogP contribution in [0.25, 0.3) is 11.9 Å². The molecule has 0 bridgehead atoms. The van der Waals surface area contributed by atoms with Crippen LogP contribution in [0.2, 0.25) is 0 Å². The van der Waals surface area contributed by atoms with Gasteiger partial charge in [-0.05, 0) is 66.7 Å². The molecule has 33 heavy (non-hydrogen) atoms. The van der Waals surface area contributed by atoms with Gasteiger partial charge in [0.15, 0.2) is 5.69 Å². The molecule has 174 valence electrons. The van der Waals surface area contributed by atoms with Crippen LogP contribution in [0, 0.1) is 0 Å². The topological polar surface area (TPSA) is 155 Å². The van der Waals surface area contributed by atoms with Gasteiger partial charge in [-0.1, -0.05) is 11.6 Å². The summed E-state index contributed by atoms with van der Waals surface area (Å²) in [5, 5.41) is 19.7. The van der Waals surface area contributed by atoms with E-state index >= 15 is 0 Å². The third-order valence-corrected chi connectivity index (χ3v) is 5.77. The number of amides is 1. The van der Waals surface area contributed by atoms with E-state index in [2.05, 4.69) is 38.2 Å². The van der Waals surface area contributed by atoms with Crippen LogP contribution in [0.1, 0.15) is 61.0 Å². The molecular formula is C21H28N9O3+. The first-order valence-electron chi connectivity index (χ1n) is 10.9. The summed E-state index contributed by atoms with van der Waals surface area (Å²) in [7, 11) is 2.11. The van der Waals surface area contributed by atoms with Gasteiger partial charge in [-0.15, -0.1) is 5.10 Å². The Morgan fingerprint density at radius 2 is 2.18 bits per heavy atom. The Morgan fingerprint density at radius 3 is 2.88 bits per heavy atom. The lowest BCUT2D eigenvalue weighted by molar-refractivity contribution is -0.921. The van der Waals surface area contributed by atoms with Gasteiger partial charge in [0.2, 0.25) is 11.6 Å². The molecule has 4 N–H and O–H groups in total.